The molecule has 2 aliphatic heterocycles. The Hall–Kier alpha value is -4.13. The zero-order valence-corrected chi connectivity index (χ0v) is 18.1. The van der Waals surface area contributed by atoms with Crippen molar-refractivity contribution >= 4 is 29.1 Å². The fraction of sp³-hybridized carbons (Fsp3) is 0.348. The summed E-state index contributed by atoms with van der Waals surface area (Å²) in [4.78, 5) is 41.0. The average molecular weight is 449 g/mol. The maximum absolute atomic E-state index is 12.5. The van der Waals surface area contributed by atoms with Crippen molar-refractivity contribution in [3.63, 3.8) is 0 Å². The molecule has 0 aliphatic carbocycles. The summed E-state index contributed by atoms with van der Waals surface area (Å²) >= 11 is 0. The van der Waals surface area contributed by atoms with E-state index in [2.05, 4.69) is 0 Å². The number of para-hydroxylation sites is 1. The summed E-state index contributed by atoms with van der Waals surface area (Å²) in [5, 5.41) is 20.5. The number of amides is 2. The predicted octanol–water partition coefficient (Wildman–Crippen LogP) is 3.32. The Kier molecular flexibility index (Phi) is 6.13. The van der Waals surface area contributed by atoms with Crippen molar-refractivity contribution in [1.29, 1.82) is 5.26 Å². The maximum atomic E-state index is 12.5. The fourth-order valence-electron chi connectivity index (χ4n) is 4.35. The van der Waals surface area contributed by atoms with Crippen molar-refractivity contribution in [3.8, 4) is 6.07 Å². The lowest BCUT2D eigenvalue weighted by molar-refractivity contribution is -0.384. The van der Waals surface area contributed by atoms with E-state index in [9.17, 15) is 19.7 Å². The quantitative estimate of drug-likeness (QED) is 0.390. The van der Waals surface area contributed by atoms with E-state index in [-0.39, 0.29) is 36.5 Å². The predicted molar refractivity (Wildman–Crippen MR) is 120 cm³/mol. The van der Waals surface area contributed by atoms with E-state index < -0.39 is 10.8 Å². The number of benzene rings is 2. The molecule has 0 saturated carbocycles. The number of nitrogens with zero attached hydrogens (tertiary/aromatic N) is 5. The summed E-state index contributed by atoms with van der Waals surface area (Å²) in [5.74, 6) is -0.452. The third-order valence-corrected chi connectivity index (χ3v) is 6.04. The molecule has 0 unspecified atom stereocenters. The molecule has 0 radical (unpaired) electrons. The van der Waals surface area contributed by atoms with Gasteiger partial charge in [-0.05, 0) is 31.0 Å². The van der Waals surface area contributed by atoms with Gasteiger partial charge < -0.3 is 14.5 Å². The second-order valence-corrected chi connectivity index (χ2v) is 8.05. The molecule has 10 heteroatoms. The van der Waals surface area contributed by atoms with Crippen molar-refractivity contribution in [2.24, 2.45) is 0 Å². The van der Waals surface area contributed by atoms with Gasteiger partial charge >= 0.3 is 6.09 Å². The van der Waals surface area contributed by atoms with Crippen LogP contribution in [0.4, 0.5) is 21.9 Å². The summed E-state index contributed by atoms with van der Waals surface area (Å²) in [7, 11) is 1.47. The Bertz CT molecular complexity index is 1140. The zero-order chi connectivity index (χ0) is 23.5. The Labute approximate surface area is 190 Å². The number of anilines is 2. The van der Waals surface area contributed by atoms with Gasteiger partial charge in [-0.2, -0.15) is 5.26 Å². The largest absolute Gasteiger partial charge is 0.444 e. The van der Waals surface area contributed by atoms with Crippen LogP contribution in [0.1, 0.15) is 28.8 Å². The molecule has 4 rings (SSSR count). The van der Waals surface area contributed by atoms with Gasteiger partial charge in [0.25, 0.3) is 11.6 Å². The molecule has 1 fully saturated rings. The van der Waals surface area contributed by atoms with Gasteiger partial charge in [-0.15, -0.1) is 0 Å². The number of rotatable bonds is 5. The molecule has 33 heavy (non-hydrogen) atoms. The molecule has 2 aliphatic rings. The fourth-order valence-corrected chi connectivity index (χ4v) is 4.35. The van der Waals surface area contributed by atoms with E-state index in [0.717, 1.165) is 11.3 Å². The van der Waals surface area contributed by atoms with Crippen molar-refractivity contribution in [2.75, 3.05) is 36.5 Å². The topological polar surface area (TPSA) is 120 Å². The number of ether oxygens (including phenoxy) is 1. The number of fused-ring (bicyclic) bond motifs is 1. The summed E-state index contributed by atoms with van der Waals surface area (Å²) in [5.41, 5.74) is 2.23. The molecule has 170 valence electrons. The molecule has 10 nitrogen and oxygen atoms in total. The first-order chi connectivity index (χ1) is 15.9. The third-order valence-electron chi connectivity index (χ3n) is 6.04. The smallest absolute Gasteiger partial charge is 0.414 e. The minimum Gasteiger partial charge on any atom is -0.444 e. The van der Waals surface area contributed by atoms with Gasteiger partial charge in [-0.3, -0.25) is 19.8 Å². The molecule has 1 saturated heterocycles. The minimum absolute atomic E-state index is 0.0743. The maximum Gasteiger partial charge on any atom is 0.414 e. The van der Waals surface area contributed by atoms with Crippen LogP contribution in [0.15, 0.2) is 42.5 Å². The van der Waals surface area contributed by atoms with Crippen LogP contribution in [0.5, 0.6) is 0 Å². The number of nitro groups is 1. The molecule has 0 atom stereocenters. The van der Waals surface area contributed by atoms with Crippen molar-refractivity contribution < 1.29 is 19.2 Å². The molecule has 2 aromatic carbocycles. The van der Waals surface area contributed by atoms with Crippen molar-refractivity contribution in [1.82, 2.24) is 4.90 Å². The molecular formula is C23H23N5O5. The number of carbonyl (C=O) groups is 2. The summed E-state index contributed by atoms with van der Waals surface area (Å²) in [6.45, 7) is 1.17. The van der Waals surface area contributed by atoms with Crippen molar-refractivity contribution in [3.05, 3.63) is 63.7 Å². The van der Waals surface area contributed by atoms with Crippen LogP contribution in [-0.4, -0.2) is 54.5 Å². The molecule has 0 aromatic heterocycles. The molecule has 0 bridgehead atoms. The lowest BCUT2D eigenvalue weighted by Gasteiger charge is -2.40. The number of hydrogen-bond donors (Lipinski definition) is 0. The van der Waals surface area contributed by atoms with E-state index in [1.807, 2.05) is 35.2 Å². The zero-order valence-electron chi connectivity index (χ0n) is 18.1. The lowest BCUT2D eigenvalue weighted by Crippen LogP contribution is -2.49. The van der Waals surface area contributed by atoms with E-state index in [1.54, 1.807) is 17.0 Å². The lowest BCUT2D eigenvalue weighted by atomic mass is 9.99. The molecule has 2 amide bonds. The van der Waals surface area contributed by atoms with Crippen LogP contribution in [0.2, 0.25) is 0 Å². The number of nitriles is 1. The Balaban J connectivity index is 1.52. The number of hydrogen-bond acceptors (Lipinski definition) is 7. The molecule has 0 N–H and O–H groups in total. The van der Waals surface area contributed by atoms with Crippen LogP contribution >= 0.6 is 0 Å². The third kappa shape index (κ3) is 4.30. The van der Waals surface area contributed by atoms with Gasteiger partial charge in [0.05, 0.1) is 16.7 Å². The molecule has 2 heterocycles. The van der Waals surface area contributed by atoms with Crippen LogP contribution < -0.4 is 9.80 Å². The number of nitro benzene ring substituents is 1. The highest BCUT2D eigenvalue weighted by molar-refractivity contribution is 5.96. The highest BCUT2D eigenvalue weighted by atomic mass is 16.6. The second kappa shape index (κ2) is 9.16. The standard InChI is InChI=1S/C23H23N5O5/c1-25(13-10-24)22(29)16-6-7-20(21(14-16)28(31)32)26-11-8-18(9-12-26)27-19-5-3-2-4-17(19)15-33-23(27)30/h2-7,14,18H,8-9,11-13,15H2,1H3. The van der Waals surface area contributed by atoms with E-state index in [1.165, 1.54) is 18.0 Å². The second-order valence-electron chi connectivity index (χ2n) is 8.05. The summed E-state index contributed by atoms with van der Waals surface area (Å²) in [6, 6.07) is 13.8. The monoisotopic (exact) mass is 449 g/mol. The van der Waals surface area contributed by atoms with Gasteiger partial charge in [0.2, 0.25) is 0 Å². The molecular weight excluding hydrogens is 426 g/mol. The SMILES string of the molecule is CN(CC#N)C(=O)c1ccc(N2CCC(N3C(=O)OCc4ccccc43)CC2)c([N+](=O)[O-])c1. The normalized spacial score (nSPS) is 15.9. The van der Waals surface area contributed by atoms with Gasteiger partial charge in [-0.1, -0.05) is 18.2 Å². The van der Waals surface area contributed by atoms with Gasteiger partial charge in [-0.25, -0.2) is 4.79 Å². The average Bonchev–Trinajstić information content (AvgIpc) is 2.83. The van der Waals surface area contributed by atoms with E-state index >= 15 is 0 Å². The number of cyclic esters (lactones) is 1. The Morgan fingerprint density at radius 1 is 1.24 bits per heavy atom. The minimum atomic E-state index is -0.499. The van der Waals surface area contributed by atoms with Crippen LogP contribution in [0, 0.1) is 21.4 Å². The Morgan fingerprint density at radius 2 is 1.97 bits per heavy atom. The van der Waals surface area contributed by atoms with E-state index in [0.29, 0.717) is 31.6 Å². The molecule has 2 aromatic rings. The first-order valence-corrected chi connectivity index (χ1v) is 10.6. The van der Waals surface area contributed by atoms with Crippen LogP contribution in [0.3, 0.4) is 0 Å². The number of carbonyl (C=O) groups excluding carboxylic acids is 2. The number of piperidine rings is 1. The first-order valence-electron chi connectivity index (χ1n) is 10.6. The van der Waals surface area contributed by atoms with Crippen LogP contribution in [-0.2, 0) is 11.3 Å². The summed E-state index contributed by atoms with van der Waals surface area (Å²) in [6.07, 6.45) is 0.862. The van der Waals surface area contributed by atoms with Gasteiger partial charge in [0.15, 0.2) is 0 Å². The van der Waals surface area contributed by atoms with Gasteiger partial charge in [0, 0.05) is 43.4 Å². The summed E-state index contributed by atoms with van der Waals surface area (Å²) < 4.78 is 5.33. The highest BCUT2D eigenvalue weighted by Crippen LogP contribution is 2.35. The van der Waals surface area contributed by atoms with Crippen LogP contribution in [0.25, 0.3) is 0 Å². The molecule has 0 spiro atoms. The Morgan fingerprint density at radius 3 is 2.67 bits per heavy atom. The van der Waals surface area contributed by atoms with Gasteiger partial charge in [0.1, 0.15) is 18.8 Å². The first kappa shape index (κ1) is 22.1. The van der Waals surface area contributed by atoms with E-state index in [4.69, 9.17) is 10.00 Å². The highest BCUT2D eigenvalue weighted by Gasteiger charge is 2.35. The van der Waals surface area contributed by atoms with Crippen molar-refractivity contribution in [2.45, 2.75) is 25.5 Å².